The normalized spacial score (nSPS) is 21.2. The molecular weight excluding hydrogens is 300 g/mol. The van der Waals surface area contributed by atoms with Crippen LogP contribution < -0.4 is 5.32 Å². The molecule has 1 aromatic carbocycles. The monoisotopic (exact) mass is 314 g/mol. The van der Waals surface area contributed by atoms with Crippen LogP contribution in [0.3, 0.4) is 0 Å². The van der Waals surface area contributed by atoms with E-state index in [9.17, 15) is 20.0 Å². The van der Waals surface area contributed by atoms with Crippen LogP contribution in [0.5, 0.6) is 0 Å². The largest absolute Gasteiger partial charge is 0.478 e. The lowest BCUT2D eigenvalue weighted by Crippen LogP contribution is -2.33. The van der Waals surface area contributed by atoms with E-state index in [2.05, 4.69) is 5.32 Å². The minimum atomic E-state index is -1.28. The summed E-state index contributed by atoms with van der Waals surface area (Å²) in [4.78, 5) is 21.4. The topological polar surface area (TPSA) is 102 Å². The average Bonchev–Trinajstić information content (AvgIpc) is 2.83. The van der Waals surface area contributed by atoms with Crippen LogP contribution in [-0.2, 0) is 4.74 Å². The van der Waals surface area contributed by atoms with Gasteiger partial charge in [0.25, 0.3) is 5.69 Å². The Morgan fingerprint density at radius 3 is 2.86 bits per heavy atom. The fraction of sp³-hybridized carbons (Fsp3) is 0.462. The van der Waals surface area contributed by atoms with E-state index in [1.54, 1.807) is 0 Å². The second-order valence-electron chi connectivity index (χ2n) is 5.17. The molecule has 1 unspecified atom stereocenters. The molecule has 1 aliphatic heterocycles. The Morgan fingerprint density at radius 1 is 1.62 bits per heavy atom. The van der Waals surface area contributed by atoms with E-state index in [-0.39, 0.29) is 27.6 Å². The van der Waals surface area contributed by atoms with Gasteiger partial charge in [-0.05, 0) is 19.8 Å². The molecule has 0 saturated carbocycles. The summed E-state index contributed by atoms with van der Waals surface area (Å²) in [5.74, 6) is -1.28. The highest BCUT2D eigenvalue weighted by Gasteiger charge is 2.30. The molecule has 1 aliphatic rings. The van der Waals surface area contributed by atoms with Gasteiger partial charge in [0.05, 0.1) is 26.8 Å². The van der Waals surface area contributed by atoms with Gasteiger partial charge < -0.3 is 15.2 Å². The van der Waals surface area contributed by atoms with Gasteiger partial charge in [-0.15, -0.1) is 0 Å². The van der Waals surface area contributed by atoms with Crippen LogP contribution >= 0.6 is 11.6 Å². The molecule has 21 heavy (non-hydrogen) atoms. The van der Waals surface area contributed by atoms with Crippen LogP contribution in [-0.4, -0.2) is 34.8 Å². The van der Waals surface area contributed by atoms with Crippen molar-refractivity contribution < 1.29 is 19.6 Å². The van der Waals surface area contributed by atoms with Gasteiger partial charge in [-0.1, -0.05) is 11.6 Å². The first-order chi connectivity index (χ1) is 9.82. The molecule has 114 valence electrons. The lowest BCUT2D eigenvalue weighted by atomic mass is 10.0. The number of nitro groups is 1. The SMILES string of the molecule is CC1(CNc2c(Cl)cc([N+](=O)[O-])cc2C(=O)O)CCCO1. The highest BCUT2D eigenvalue weighted by atomic mass is 35.5. The number of non-ortho nitro benzene ring substituents is 1. The summed E-state index contributed by atoms with van der Waals surface area (Å²) in [5.41, 5.74) is -0.797. The van der Waals surface area contributed by atoms with Crippen molar-refractivity contribution >= 4 is 28.9 Å². The molecule has 1 fully saturated rings. The van der Waals surface area contributed by atoms with E-state index >= 15 is 0 Å². The van der Waals surface area contributed by atoms with Crippen LogP contribution in [0.1, 0.15) is 30.1 Å². The van der Waals surface area contributed by atoms with E-state index in [4.69, 9.17) is 16.3 Å². The lowest BCUT2D eigenvalue weighted by Gasteiger charge is -2.24. The lowest BCUT2D eigenvalue weighted by molar-refractivity contribution is -0.384. The third-order valence-corrected chi connectivity index (χ3v) is 3.75. The van der Waals surface area contributed by atoms with Gasteiger partial charge in [0, 0.05) is 25.3 Å². The van der Waals surface area contributed by atoms with E-state index in [0.29, 0.717) is 13.2 Å². The quantitative estimate of drug-likeness (QED) is 0.640. The number of carboxylic acids is 1. The number of rotatable bonds is 5. The number of anilines is 1. The molecule has 0 radical (unpaired) electrons. The van der Waals surface area contributed by atoms with Crippen molar-refractivity contribution in [2.24, 2.45) is 0 Å². The maximum atomic E-state index is 11.3. The summed E-state index contributed by atoms with van der Waals surface area (Å²) >= 11 is 5.98. The van der Waals surface area contributed by atoms with Crippen LogP contribution in [0.25, 0.3) is 0 Å². The van der Waals surface area contributed by atoms with Gasteiger partial charge in [-0.2, -0.15) is 0 Å². The second-order valence-corrected chi connectivity index (χ2v) is 5.58. The Morgan fingerprint density at radius 2 is 2.33 bits per heavy atom. The van der Waals surface area contributed by atoms with Gasteiger partial charge in [-0.25, -0.2) is 4.79 Å². The summed E-state index contributed by atoms with van der Waals surface area (Å²) in [6.45, 7) is 2.97. The molecular formula is C13H15ClN2O5. The van der Waals surface area contributed by atoms with Crippen molar-refractivity contribution in [2.45, 2.75) is 25.4 Å². The average molecular weight is 315 g/mol. The van der Waals surface area contributed by atoms with Crippen molar-refractivity contribution in [3.8, 4) is 0 Å². The molecule has 2 N–H and O–H groups in total. The number of nitrogens with one attached hydrogen (secondary N) is 1. The standard InChI is InChI=1S/C13H15ClN2O5/c1-13(3-2-4-21-13)7-15-11-9(12(17)18)5-8(16(19)20)6-10(11)14/h5-6,15H,2-4,7H2,1H3,(H,17,18). The Labute approximate surface area is 126 Å². The highest BCUT2D eigenvalue weighted by Crippen LogP contribution is 2.33. The van der Waals surface area contributed by atoms with E-state index in [0.717, 1.165) is 25.0 Å². The molecule has 1 saturated heterocycles. The number of hydrogen-bond acceptors (Lipinski definition) is 5. The van der Waals surface area contributed by atoms with Gasteiger partial charge >= 0.3 is 5.97 Å². The molecule has 1 heterocycles. The van der Waals surface area contributed by atoms with Crippen LogP contribution in [0.2, 0.25) is 5.02 Å². The fourth-order valence-corrected chi connectivity index (χ4v) is 2.58. The maximum Gasteiger partial charge on any atom is 0.338 e. The zero-order chi connectivity index (χ0) is 15.6. The van der Waals surface area contributed by atoms with Gasteiger partial charge in [0.15, 0.2) is 0 Å². The molecule has 0 aromatic heterocycles. The number of hydrogen-bond donors (Lipinski definition) is 2. The smallest absolute Gasteiger partial charge is 0.338 e. The fourth-order valence-electron chi connectivity index (χ4n) is 2.30. The second kappa shape index (κ2) is 5.87. The molecule has 0 bridgehead atoms. The third kappa shape index (κ3) is 3.43. The summed E-state index contributed by atoms with van der Waals surface area (Å²) < 4.78 is 5.60. The molecule has 2 rings (SSSR count). The zero-order valence-corrected chi connectivity index (χ0v) is 12.1. The predicted octanol–water partition coefficient (Wildman–Crippen LogP) is 2.93. The molecule has 0 amide bonds. The zero-order valence-electron chi connectivity index (χ0n) is 11.4. The molecule has 1 aromatic rings. The maximum absolute atomic E-state index is 11.3. The summed E-state index contributed by atoms with van der Waals surface area (Å²) in [6.07, 6.45) is 1.80. The first-order valence-corrected chi connectivity index (χ1v) is 6.79. The number of nitrogens with zero attached hydrogens (tertiary/aromatic N) is 1. The molecule has 0 aliphatic carbocycles. The molecule has 1 atom stereocenters. The number of ether oxygens (including phenoxy) is 1. The van der Waals surface area contributed by atoms with Crippen molar-refractivity contribution in [3.63, 3.8) is 0 Å². The number of carboxylic acid groups (broad SMARTS) is 1. The van der Waals surface area contributed by atoms with E-state index < -0.39 is 10.9 Å². The minimum Gasteiger partial charge on any atom is -0.478 e. The molecule has 8 heteroatoms. The number of aromatic carboxylic acids is 1. The van der Waals surface area contributed by atoms with Gasteiger partial charge in [0.1, 0.15) is 0 Å². The first-order valence-electron chi connectivity index (χ1n) is 6.41. The van der Waals surface area contributed by atoms with Crippen LogP contribution in [0.4, 0.5) is 11.4 Å². The minimum absolute atomic E-state index is 0.00296. The number of benzene rings is 1. The van der Waals surface area contributed by atoms with Crippen molar-refractivity contribution in [1.82, 2.24) is 0 Å². The summed E-state index contributed by atoms with van der Waals surface area (Å²) in [5, 5.41) is 22.9. The van der Waals surface area contributed by atoms with Crippen molar-refractivity contribution in [2.75, 3.05) is 18.5 Å². The Kier molecular flexibility index (Phi) is 4.34. The molecule has 7 nitrogen and oxygen atoms in total. The van der Waals surface area contributed by atoms with Crippen LogP contribution in [0.15, 0.2) is 12.1 Å². The first kappa shape index (κ1) is 15.5. The Hall–Kier alpha value is -1.86. The van der Waals surface area contributed by atoms with Crippen LogP contribution in [0, 0.1) is 10.1 Å². The third-order valence-electron chi connectivity index (χ3n) is 3.46. The van der Waals surface area contributed by atoms with Gasteiger partial charge in [0.2, 0.25) is 0 Å². The number of nitro benzene ring substituents is 1. The summed E-state index contributed by atoms with van der Waals surface area (Å²) in [6, 6.07) is 2.13. The number of carbonyl (C=O) groups is 1. The Balaban J connectivity index is 2.29. The summed E-state index contributed by atoms with van der Waals surface area (Å²) in [7, 11) is 0. The Bertz CT molecular complexity index is 584. The molecule has 0 spiro atoms. The van der Waals surface area contributed by atoms with Crippen molar-refractivity contribution in [1.29, 1.82) is 0 Å². The predicted molar refractivity (Wildman–Crippen MR) is 77.1 cm³/mol. The number of halogens is 1. The van der Waals surface area contributed by atoms with Gasteiger partial charge in [-0.3, -0.25) is 10.1 Å². The highest BCUT2D eigenvalue weighted by molar-refractivity contribution is 6.34. The van der Waals surface area contributed by atoms with Crippen molar-refractivity contribution in [3.05, 3.63) is 32.8 Å². The van der Waals surface area contributed by atoms with E-state index in [1.807, 2.05) is 6.92 Å². The van der Waals surface area contributed by atoms with E-state index in [1.165, 1.54) is 0 Å².